The first-order valence-electron chi connectivity index (χ1n) is 9.63. The van der Waals surface area contributed by atoms with Crippen molar-refractivity contribution < 1.29 is 14.3 Å². The zero-order valence-electron chi connectivity index (χ0n) is 17.3. The molecule has 0 aliphatic carbocycles. The Balaban J connectivity index is 2.00. The summed E-state index contributed by atoms with van der Waals surface area (Å²) >= 11 is 0. The van der Waals surface area contributed by atoms with Crippen LogP contribution < -0.4 is 20.1 Å². The Labute approximate surface area is 171 Å². The Morgan fingerprint density at radius 3 is 2.59 bits per heavy atom. The normalized spacial score (nSPS) is 10.9. The van der Waals surface area contributed by atoms with Gasteiger partial charge in [0.1, 0.15) is 0 Å². The molecule has 0 unspecified atom stereocenters. The van der Waals surface area contributed by atoms with Crippen molar-refractivity contribution in [3.8, 4) is 11.5 Å². The number of benzene rings is 2. The average Bonchev–Trinajstić information content (AvgIpc) is 2.73. The number of carbonyl (C=O) groups is 1. The van der Waals surface area contributed by atoms with Crippen molar-refractivity contribution in [1.29, 1.82) is 0 Å². The summed E-state index contributed by atoms with van der Waals surface area (Å²) in [7, 11) is 3.15. The molecular formula is C23H27N3O3. The van der Waals surface area contributed by atoms with Crippen molar-refractivity contribution in [1.82, 2.24) is 10.3 Å². The van der Waals surface area contributed by atoms with Gasteiger partial charge in [0.25, 0.3) is 0 Å². The third kappa shape index (κ3) is 4.84. The highest BCUT2D eigenvalue weighted by Gasteiger charge is 2.18. The molecule has 0 aliphatic rings. The number of rotatable bonds is 8. The number of amides is 1. The van der Waals surface area contributed by atoms with Gasteiger partial charge in [0.15, 0.2) is 11.5 Å². The number of anilines is 1. The van der Waals surface area contributed by atoms with Gasteiger partial charge in [-0.25, -0.2) is 0 Å². The highest BCUT2D eigenvalue weighted by molar-refractivity contribution is 5.95. The van der Waals surface area contributed by atoms with Gasteiger partial charge in [0.05, 0.1) is 32.1 Å². The standard InChI is InChI=1S/C23H27N3O3/c1-15(2)25-14-21(27)26-22-17(9-10-20(28-3)23(22)29-4)13-19-18-8-6-5-7-16(18)11-12-24-19/h5-12,15,25H,13-14H2,1-4H3,(H,26,27). The van der Waals surface area contributed by atoms with Crippen LogP contribution in [0.25, 0.3) is 10.8 Å². The highest BCUT2D eigenvalue weighted by Crippen LogP contribution is 2.39. The lowest BCUT2D eigenvalue weighted by atomic mass is 10.0. The Hall–Kier alpha value is -3.12. The highest BCUT2D eigenvalue weighted by atomic mass is 16.5. The van der Waals surface area contributed by atoms with E-state index in [-0.39, 0.29) is 18.5 Å². The van der Waals surface area contributed by atoms with Crippen molar-refractivity contribution in [2.24, 2.45) is 0 Å². The fourth-order valence-corrected chi connectivity index (χ4v) is 3.24. The molecule has 0 aliphatic heterocycles. The van der Waals surface area contributed by atoms with Crippen LogP contribution in [0.4, 0.5) is 5.69 Å². The number of pyridine rings is 1. The van der Waals surface area contributed by atoms with Gasteiger partial charge in [-0.1, -0.05) is 44.2 Å². The zero-order valence-corrected chi connectivity index (χ0v) is 17.3. The summed E-state index contributed by atoms with van der Waals surface area (Å²) in [4.78, 5) is 17.1. The molecule has 0 atom stereocenters. The summed E-state index contributed by atoms with van der Waals surface area (Å²) in [5.74, 6) is 0.926. The number of methoxy groups -OCH3 is 2. The third-order valence-electron chi connectivity index (χ3n) is 4.68. The number of aromatic nitrogens is 1. The number of carbonyl (C=O) groups excluding carboxylic acids is 1. The van der Waals surface area contributed by atoms with E-state index >= 15 is 0 Å². The van der Waals surface area contributed by atoms with E-state index in [0.717, 1.165) is 22.0 Å². The first kappa shape index (κ1) is 20.6. The van der Waals surface area contributed by atoms with Crippen LogP contribution in [0.5, 0.6) is 11.5 Å². The van der Waals surface area contributed by atoms with Crippen molar-refractivity contribution in [2.45, 2.75) is 26.3 Å². The molecule has 6 heteroatoms. The van der Waals surface area contributed by atoms with Gasteiger partial charge in [0, 0.05) is 24.0 Å². The minimum atomic E-state index is -0.141. The molecule has 0 spiro atoms. The summed E-state index contributed by atoms with van der Waals surface area (Å²) in [6, 6.07) is 14.1. The van der Waals surface area contributed by atoms with E-state index in [1.54, 1.807) is 14.2 Å². The van der Waals surface area contributed by atoms with Crippen LogP contribution in [-0.4, -0.2) is 37.7 Å². The fraction of sp³-hybridized carbons (Fsp3) is 0.304. The number of ether oxygens (including phenoxy) is 2. The Morgan fingerprint density at radius 1 is 1.07 bits per heavy atom. The number of hydrogen-bond donors (Lipinski definition) is 2. The van der Waals surface area contributed by atoms with Gasteiger partial charge in [-0.2, -0.15) is 0 Å². The van der Waals surface area contributed by atoms with Gasteiger partial charge in [0.2, 0.25) is 5.91 Å². The van der Waals surface area contributed by atoms with Gasteiger partial charge >= 0.3 is 0 Å². The van der Waals surface area contributed by atoms with Crippen molar-refractivity contribution in [2.75, 3.05) is 26.1 Å². The van der Waals surface area contributed by atoms with Gasteiger partial charge in [-0.05, 0) is 23.1 Å². The molecule has 2 N–H and O–H groups in total. The first-order chi connectivity index (χ1) is 14.0. The molecule has 1 heterocycles. The minimum absolute atomic E-state index is 0.141. The first-order valence-corrected chi connectivity index (χ1v) is 9.63. The second-order valence-electron chi connectivity index (χ2n) is 7.07. The summed E-state index contributed by atoms with van der Waals surface area (Å²) < 4.78 is 11.0. The van der Waals surface area contributed by atoms with E-state index in [1.165, 1.54) is 0 Å². The third-order valence-corrected chi connectivity index (χ3v) is 4.68. The van der Waals surface area contributed by atoms with Crippen LogP contribution in [0.15, 0.2) is 48.7 Å². The maximum Gasteiger partial charge on any atom is 0.238 e. The van der Waals surface area contributed by atoms with Crippen molar-refractivity contribution >= 4 is 22.4 Å². The molecule has 0 saturated carbocycles. The molecule has 1 amide bonds. The zero-order chi connectivity index (χ0) is 20.8. The molecule has 152 valence electrons. The number of nitrogens with one attached hydrogen (secondary N) is 2. The van der Waals surface area contributed by atoms with Gasteiger partial charge in [-0.15, -0.1) is 0 Å². The number of hydrogen-bond acceptors (Lipinski definition) is 5. The largest absolute Gasteiger partial charge is 0.493 e. The molecule has 0 radical (unpaired) electrons. The predicted octanol–water partition coefficient (Wildman–Crippen LogP) is 3.78. The molecule has 6 nitrogen and oxygen atoms in total. The molecule has 2 aromatic carbocycles. The SMILES string of the molecule is COc1ccc(Cc2nccc3ccccc23)c(NC(=O)CNC(C)C)c1OC. The monoisotopic (exact) mass is 393 g/mol. The van der Waals surface area contributed by atoms with Crippen LogP contribution in [0.2, 0.25) is 0 Å². The van der Waals surface area contributed by atoms with E-state index < -0.39 is 0 Å². The second kappa shape index (κ2) is 9.39. The van der Waals surface area contributed by atoms with E-state index in [4.69, 9.17) is 9.47 Å². The predicted molar refractivity (Wildman–Crippen MR) is 116 cm³/mol. The number of fused-ring (bicyclic) bond motifs is 1. The minimum Gasteiger partial charge on any atom is -0.493 e. The summed E-state index contributed by atoms with van der Waals surface area (Å²) in [6.07, 6.45) is 2.36. The molecule has 1 aromatic heterocycles. The summed E-state index contributed by atoms with van der Waals surface area (Å²) in [6.45, 7) is 4.21. The maximum absolute atomic E-state index is 12.5. The molecule has 3 rings (SSSR count). The lowest BCUT2D eigenvalue weighted by molar-refractivity contribution is -0.115. The van der Waals surface area contributed by atoms with E-state index in [9.17, 15) is 4.79 Å². The van der Waals surface area contributed by atoms with Crippen LogP contribution in [0.3, 0.4) is 0 Å². The lowest BCUT2D eigenvalue weighted by Crippen LogP contribution is -2.33. The molecule has 0 saturated heterocycles. The molecule has 0 bridgehead atoms. The number of nitrogens with zero attached hydrogens (tertiary/aromatic N) is 1. The molecule has 0 fully saturated rings. The summed E-state index contributed by atoms with van der Waals surface area (Å²) in [5.41, 5.74) is 2.45. The lowest BCUT2D eigenvalue weighted by Gasteiger charge is -2.18. The molecule has 3 aromatic rings. The van der Waals surface area contributed by atoms with E-state index in [0.29, 0.717) is 23.6 Å². The van der Waals surface area contributed by atoms with Crippen LogP contribution in [-0.2, 0) is 11.2 Å². The topological polar surface area (TPSA) is 72.5 Å². The fourth-order valence-electron chi connectivity index (χ4n) is 3.24. The Morgan fingerprint density at radius 2 is 1.86 bits per heavy atom. The van der Waals surface area contributed by atoms with Crippen molar-refractivity contribution in [3.05, 3.63) is 59.9 Å². The quantitative estimate of drug-likeness (QED) is 0.609. The van der Waals surface area contributed by atoms with Gasteiger partial charge in [-0.3, -0.25) is 9.78 Å². The van der Waals surface area contributed by atoms with Gasteiger partial charge < -0.3 is 20.1 Å². The van der Waals surface area contributed by atoms with Crippen LogP contribution in [0, 0.1) is 0 Å². The summed E-state index contributed by atoms with van der Waals surface area (Å²) in [5, 5.41) is 8.34. The van der Waals surface area contributed by atoms with Crippen molar-refractivity contribution in [3.63, 3.8) is 0 Å². The van der Waals surface area contributed by atoms with E-state index in [2.05, 4.69) is 27.8 Å². The van der Waals surface area contributed by atoms with E-state index in [1.807, 2.05) is 50.4 Å². The average molecular weight is 393 g/mol. The Kier molecular flexibility index (Phi) is 6.67. The smallest absolute Gasteiger partial charge is 0.238 e. The molecular weight excluding hydrogens is 366 g/mol. The maximum atomic E-state index is 12.5. The van der Waals surface area contributed by atoms with Crippen LogP contribution >= 0.6 is 0 Å². The van der Waals surface area contributed by atoms with Crippen LogP contribution in [0.1, 0.15) is 25.1 Å². The Bertz CT molecular complexity index is 997. The second-order valence-corrected chi connectivity index (χ2v) is 7.07. The molecule has 29 heavy (non-hydrogen) atoms.